The van der Waals surface area contributed by atoms with Crippen LogP contribution in [-0.2, 0) is 12.7 Å². The van der Waals surface area contributed by atoms with Crippen LogP contribution in [0.3, 0.4) is 0 Å². The number of halogens is 3. The van der Waals surface area contributed by atoms with E-state index in [1.165, 1.54) is 0 Å². The average molecular weight is 314 g/mol. The van der Waals surface area contributed by atoms with E-state index in [2.05, 4.69) is 20.5 Å². The summed E-state index contributed by atoms with van der Waals surface area (Å²) in [5.74, 6) is 0.751. The first-order chi connectivity index (χ1) is 10.4. The van der Waals surface area contributed by atoms with Crippen molar-refractivity contribution < 1.29 is 13.2 Å². The SMILES string of the molecule is CN=C(NC)NC1CCN(Cc2ccc(C(F)(F)F)cc2)C1. The molecule has 0 bridgehead atoms. The van der Waals surface area contributed by atoms with Crippen molar-refractivity contribution in [2.75, 3.05) is 27.2 Å². The average Bonchev–Trinajstić information content (AvgIpc) is 2.91. The summed E-state index contributed by atoms with van der Waals surface area (Å²) in [6.45, 7) is 2.43. The summed E-state index contributed by atoms with van der Waals surface area (Å²) in [4.78, 5) is 6.31. The van der Waals surface area contributed by atoms with Gasteiger partial charge in [0.1, 0.15) is 0 Å². The van der Waals surface area contributed by atoms with Gasteiger partial charge in [0.05, 0.1) is 5.56 Å². The molecule has 0 aliphatic carbocycles. The van der Waals surface area contributed by atoms with Gasteiger partial charge in [-0.2, -0.15) is 13.2 Å². The molecule has 1 heterocycles. The molecule has 0 spiro atoms. The number of hydrogen-bond acceptors (Lipinski definition) is 2. The monoisotopic (exact) mass is 314 g/mol. The second-order valence-electron chi connectivity index (χ2n) is 5.38. The lowest BCUT2D eigenvalue weighted by molar-refractivity contribution is -0.137. The van der Waals surface area contributed by atoms with Crippen LogP contribution in [0, 0.1) is 0 Å². The quantitative estimate of drug-likeness (QED) is 0.663. The second kappa shape index (κ2) is 7.00. The van der Waals surface area contributed by atoms with Gasteiger partial charge in [-0.3, -0.25) is 9.89 Å². The van der Waals surface area contributed by atoms with Crippen LogP contribution in [0.5, 0.6) is 0 Å². The van der Waals surface area contributed by atoms with Crippen LogP contribution in [0.25, 0.3) is 0 Å². The molecule has 2 rings (SSSR count). The Morgan fingerprint density at radius 1 is 1.32 bits per heavy atom. The van der Waals surface area contributed by atoms with Crippen molar-refractivity contribution in [3.05, 3.63) is 35.4 Å². The van der Waals surface area contributed by atoms with Crippen LogP contribution in [0.2, 0.25) is 0 Å². The number of nitrogens with zero attached hydrogens (tertiary/aromatic N) is 2. The number of alkyl halides is 3. The maximum absolute atomic E-state index is 12.5. The standard InChI is InChI=1S/C15H21F3N4/c1-19-14(20-2)21-13-7-8-22(10-13)9-11-3-5-12(6-4-11)15(16,17)18/h3-6,13H,7-10H2,1-2H3,(H2,19,20,21). The third-order valence-corrected chi connectivity index (χ3v) is 3.76. The lowest BCUT2D eigenvalue weighted by Gasteiger charge is -2.18. The Labute approximate surface area is 128 Å². The molecule has 1 aromatic rings. The molecule has 2 N–H and O–H groups in total. The summed E-state index contributed by atoms with van der Waals surface area (Å²) in [6, 6.07) is 5.70. The smallest absolute Gasteiger partial charge is 0.359 e. The maximum atomic E-state index is 12.5. The molecule has 1 aromatic carbocycles. The number of guanidine groups is 1. The van der Waals surface area contributed by atoms with Crippen LogP contribution in [0.1, 0.15) is 17.5 Å². The van der Waals surface area contributed by atoms with E-state index >= 15 is 0 Å². The van der Waals surface area contributed by atoms with Crippen molar-refractivity contribution in [1.82, 2.24) is 15.5 Å². The van der Waals surface area contributed by atoms with Gasteiger partial charge in [0.15, 0.2) is 5.96 Å². The van der Waals surface area contributed by atoms with Crippen molar-refractivity contribution in [2.45, 2.75) is 25.2 Å². The van der Waals surface area contributed by atoms with Crippen molar-refractivity contribution in [3.8, 4) is 0 Å². The molecular weight excluding hydrogens is 293 g/mol. The van der Waals surface area contributed by atoms with Gasteiger partial charge in [-0.05, 0) is 24.1 Å². The summed E-state index contributed by atoms with van der Waals surface area (Å²) in [5, 5.41) is 6.29. The third-order valence-electron chi connectivity index (χ3n) is 3.76. The Morgan fingerprint density at radius 2 is 2.00 bits per heavy atom. The van der Waals surface area contributed by atoms with E-state index in [1.807, 2.05) is 7.05 Å². The lowest BCUT2D eigenvalue weighted by Crippen LogP contribution is -2.43. The largest absolute Gasteiger partial charge is 0.416 e. The highest BCUT2D eigenvalue weighted by molar-refractivity contribution is 5.79. The van der Waals surface area contributed by atoms with Crippen molar-refractivity contribution in [1.29, 1.82) is 0 Å². The lowest BCUT2D eigenvalue weighted by atomic mass is 10.1. The number of benzene rings is 1. The Kier molecular flexibility index (Phi) is 5.28. The van der Waals surface area contributed by atoms with E-state index < -0.39 is 11.7 Å². The molecule has 4 nitrogen and oxygen atoms in total. The molecule has 1 saturated heterocycles. The molecule has 122 valence electrons. The second-order valence-corrected chi connectivity index (χ2v) is 5.38. The number of rotatable bonds is 3. The molecule has 22 heavy (non-hydrogen) atoms. The molecule has 1 fully saturated rings. The zero-order chi connectivity index (χ0) is 16.2. The summed E-state index contributed by atoms with van der Waals surface area (Å²) in [7, 11) is 3.53. The summed E-state index contributed by atoms with van der Waals surface area (Å²) in [6.07, 6.45) is -3.29. The zero-order valence-corrected chi connectivity index (χ0v) is 12.7. The van der Waals surface area contributed by atoms with E-state index in [-0.39, 0.29) is 0 Å². The van der Waals surface area contributed by atoms with Crippen LogP contribution in [-0.4, -0.2) is 44.1 Å². The molecule has 0 saturated carbocycles. The summed E-state index contributed by atoms with van der Waals surface area (Å²) >= 11 is 0. The first kappa shape index (κ1) is 16.6. The molecule has 1 aliphatic rings. The minimum atomic E-state index is -4.27. The third kappa shape index (κ3) is 4.37. The maximum Gasteiger partial charge on any atom is 0.416 e. The minimum absolute atomic E-state index is 0.306. The highest BCUT2D eigenvalue weighted by Gasteiger charge is 2.30. The van der Waals surface area contributed by atoms with E-state index in [0.29, 0.717) is 12.6 Å². The van der Waals surface area contributed by atoms with Crippen LogP contribution < -0.4 is 10.6 Å². The molecule has 0 aromatic heterocycles. The van der Waals surface area contributed by atoms with Gasteiger partial charge >= 0.3 is 6.18 Å². The van der Waals surface area contributed by atoms with Gasteiger partial charge < -0.3 is 10.6 Å². The Bertz CT molecular complexity index is 511. The predicted octanol–water partition coefficient (Wildman–Crippen LogP) is 2.07. The van der Waals surface area contributed by atoms with Gasteiger partial charge in [-0.1, -0.05) is 12.1 Å². The van der Waals surface area contributed by atoms with Crippen molar-refractivity contribution >= 4 is 5.96 Å². The zero-order valence-electron chi connectivity index (χ0n) is 12.7. The number of nitrogens with one attached hydrogen (secondary N) is 2. The van der Waals surface area contributed by atoms with Crippen molar-refractivity contribution in [2.24, 2.45) is 4.99 Å². The first-order valence-corrected chi connectivity index (χ1v) is 7.22. The molecule has 0 radical (unpaired) electrons. The minimum Gasteiger partial charge on any atom is -0.359 e. The van der Waals surface area contributed by atoms with Crippen LogP contribution in [0.4, 0.5) is 13.2 Å². The fraction of sp³-hybridized carbons (Fsp3) is 0.533. The topological polar surface area (TPSA) is 39.7 Å². The van der Waals surface area contributed by atoms with E-state index in [0.717, 1.165) is 43.2 Å². The summed E-state index contributed by atoms with van der Waals surface area (Å²) in [5.41, 5.74) is 0.293. The molecule has 1 unspecified atom stereocenters. The normalized spacial score (nSPS) is 20.2. The fourth-order valence-electron chi connectivity index (χ4n) is 2.59. The Balaban J connectivity index is 1.88. The van der Waals surface area contributed by atoms with Gasteiger partial charge in [0.2, 0.25) is 0 Å². The highest BCUT2D eigenvalue weighted by atomic mass is 19.4. The predicted molar refractivity (Wildman–Crippen MR) is 80.7 cm³/mol. The van der Waals surface area contributed by atoms with E-state index in [9.17, 15) is 13.2 Å². The Hall–Kier alpha value is -1.76. The van der Waals surface area contributed by atoms with Crippen molar-refractivity contribution in [3.63, 3.8) is 0 Å². The van der Waals surface area contributed by atoms with Gasteiger partial charge in [0.25, 0.3) is 0 Å². The number of hydrogen-bond donors (Lipinski definition) is 2. The molecule has 1 atom stereocenters. The van der Waals surface area contributed by atoms with Gasteiger partial charge in [0, 0.05) is 39.8 Å². The molecular formula is C15H21F3N4. The molecule has 0 amide bonds. The van der Waals surface area contributed by atoms with Crippen LogP contribution in [0.15, 0.2) is 29.3 Å². The molecule has 1 aliphatic heterocycles. The van der Waals surface area contributed by atoms with E-state index in [4.69, 9.17) is 0 Å². The highest BCUT2D eigenvalue weighted by Crippen LogP contribution is 2.29. The molecule has 7 heteroatoms. The first-order valence-electron chi connectivity index (χ1n) is 7.22. The summed E-state index contributed by atoms with van der Waals surface area (Å²) < 4.78 is 37.6. The van der Waals surface area contributed by atoms with Crippen LogP contribution >= 0.6 is 0 Å². The van der Waals surface area contributed by atoms with E-state index in [1.54, 1.807) is 19.2 Å². The fourth-order valence-corrected chi connectivity index (χ4v) is 2.59. The number of likely N-dealkylation sites (tertiary alicyclic amines) is 1. The van der Waals surface area contributed by atoms with Gasteiger partial charge in [-0.15, -0.1) is 0 Å². The Morgan fingerprint density at radius 3 is 2.55 bits per heavy atom. The van der Waals surface area contributed by atoms with Gasteiger partial charge in [-0.25, -0.2) is 0 Å². The number of aliphatic imine (C=N–C) groups is 1.